The second kappa shape index (κ2) is 7.44. The molecule has 0 spiro atoms. The molecule has 2 amide bonds. The quantitative estimate of drug-likeness (QED) is 0.915. The summed E-state index contributed by atoms with van der Waals surface area (Å²) in [7, 11) is 1.71. The molecule has 2 rings (SSSR count). The van der Waals surface area contributed by atoms with E-state index in [1.807, 2.05) is 5.38 Å². The summed E-state index contributed by atoms with van der Waals surface area (Å²) in [5.74, 6) is -0.0437. The summed E-state index contributed by atoms with van der Waals surface area (Å²) in [6, 6.07) is 7.10. The summed E-state index contributed by atoms with van der Waals surface area (Å²) < 4.78 is 5.19. The van der Waals surface area contributed by atoms with Crippen molar-refractivity contribution >= 4 is 34.2 Å². The van der Waals surface area contributed by atoms with Crippen LogP contribution >= 0.6 is 11.3 Å². The van der Waals surface area contributed by atoms with Crippen LogP contribution in [0.5, 0.6) is 0 Å². The highest BCUT2D eigenvalue weighted by Gasteiger charge is 2.16. The number of rotatable bonds is 4. The number of nitrogens with zero attached hydrogens (tertiary/aromatic N) is 2. The van der Waals surface area contributed by atoms with Gasteiger partial charge in [-0.25, -0.2) is 9.78 Å². The van der Waals surface area contributed by atoms with Gasteiger partial charge in [-0.3, -0.25) is 15.0 Å². The maximum absolute atomic E-state index is 12.2. The Balaban J connectivity index is 1.92. The predicted octanol–water partition coefficient (Wildman–Crippen LogP) is 3.70. The first-order valence-corrected chi connectivity index (χ1v) is 8.37. The number of amides is 2. The van der Waals surface area contributed by atoms with Crippen LogP contribution in [0.15, 0.2) is 35.8 Å². The molecule has 0 saturated heterocycles. The Morgan fingerprint density at radius 2 is 1.92 bits per heavy atom. The Morgan fingerprint density at radius 3 is 2.46 bits per heavy atom. The van der Waals surface area contributed by atoms with Gasteiger partial charge in [0.25, 0.3) is 0 Å². The summed E-state index contributed by atoms with van der Waals surface area (Å²) in [5.41, 5.74) is 0.934. The van der Waals surface area contributed by atoms with Gasteiger partial charge in [0.15, 0.2) is 5.13 Å². The predicted molar refractivity (Wildman–Crippen MR) is 95.5 cm³/mol. The summed E-state index contributed by atoms with van der Waals surface area (Å²) in [5, 5.41) is 5.16. The summed E-state index contributed by atoms with van der Waals surface area (Å²) in [4.78, 5) is 29.6. The lowest BCUT2D eigenvalue weighted by atomic mass is 10.1. The SMILES string of the molecule is CN(C(=O)Cc1ccc(NC(=O)OC(C)(C)C)cc1)c1nccs1. The lowest BCUT2D eigenvalue weighted by Gasteiger charge is -2.19. The third-order valence-corrected chi connectivity index (χ3v) is 3.88. The average Bonchev–Trinajstić information content (AvgIpc) is 3.00. The number of carbonyl (C=O) groups excluding carboxylic acids is 2. The third kappa shape index (κ3) is 5.34. The van der Waals surface area contributed by atoms with Gasteiger partial charge in [0.05, 0.1) is 6.42 Å². The minimum Gasteiger partial charge on any atom is -0.444 e. The van der Waals surface area contributed by atoms with Gasteiger partial charge in [-0.15, -0.1) is 11.3 Å². The zero-order chi connectivity index (χ0) is 17.7. The number of nitrogens with one attached hydrogen (secondary N) is 1. The number of likely N-dealkylation sites (N-methyl/N-ethyl adjacent to an activating group) is 1. The van der Waals surface area contributed by atoms with E-state index in [0.717, 1.165) is 5.56 Å². The first-order valence-electron chi connectivity index (χ1n) is 7.49. The molecule has 0 fully saturated rings. The zero-order valence-corrected chi connectivity index (χ0v) is 15.0. The van der Waals surface area contributed by atoms with Crippen molar-refractivity contribution < 1.29 is 14.3 Å². The fourth-order valence-electron chi connectivity index (χ4n) is 1.91. The van der Waals surface area contributed by atoms with Gasteiger partial charge in [-0.2, -0.15) is 0 Å². The maximum Gasteiger partial charge on any atom is 0.412 e. The molecule has 0 unspecified atom stereocenters. The highest BCUT2D eigenvalue weighted by atomic mass is 32.1. The molecule has 2 aromatic rings. The molecular formula is C17H21N3O3S. The Morgan fingerprint density at radius 1 is 1.25 bits per heavy atom. The van der Waals surface area contributed by atoms with E-state index < -0.39 is 11.7 Å². The van der Waals surface area contributed by atoms with E-state index in [0.29, 0.717) is 10.8 Å². The molecule has 1 aromatic carbocycles. The minimum atomic E-state index is -0.545. The molecule has 0 saturated carbocycles. The zero-order valence-electron chi connectivity index (χ0n) is 14.2. The van der Waals surface area contributed by atoms with Crippen molar-refractivity contribution in [3.63, 3.8) is 0 Å². The second-order valence-corrected chi connectivity index (χ2v) is 7.14. The molecule has 1 heterocycles. The topological polar surface area (TPSA) is 71.5 Å². The molecule has 24 heavy (non-hydrogen) atoms. The van der Waals surface area contributed by atoms with Crippen LogP contribution in [0.25, 0.3) is 0 Å². The monoisotopic (exact) mass is 347 g/mol. The van der Waals surface area contributed by atoms with Crippen molar-refractivity contribution in [3.8, 4) is 0 Å². The number of carbonyl (C=O) groups is 2. The van der Waals surface area contributed by atoms with E-state index in [-0.39, 0.29) is 12.3 Å². The third-order valence-electron chi connectivity index (χ3n) is 3.03. The Bertz CT molecular complexity index is 691. The van der Waals surface area contributed by atoms with Gasteiger partial charge in [-0.05, 0) is 38.5 Å². The second-order valence-electron chi connectivity index (χ2n) is 6.27. The molecule has 1 N–H and O–H groups in total. The number of hydrogen-bond acceptors (Lipinski definition) is 5. The Hall–Kier alpha value is -2.41. The average molecular weight is 347 g/mol. The summed E-state index contributed by atoms with van der Waals surface area (Å²) in [6.45, 7) is 5.42. The molecule has 0 aliphatic carbocycles. The van der Waals surface area contributed by atoms with Gasteiger partial charge in [0.2, 0.25) is 5.91 Å². The van der Waals surface area contributed by atoms with Crippen molar-refractivity contribution in [1.29, 1.82) is 0 Å². The molecule has 0 aliphatic heterocycles. The van der Waals surface area contributed by atoms with Gasteiger partial charge >= 0.3 is 6.09 Å². The molecule has 1 aromatic heterocycles. The van der Waals surface area contributed by atoms with E-state index >= 15 is 0 Å². The number of anilines is 2. The molecular weight excluding hydrogens is 326 g/mol. The van der Waals surface area contributed by atoms with Crippen molar-refractivity contribution in [3.05, 3.63) is 41.4 Å². The first kappa shape index (κ1) is 17.9. The van der Waals surface area contributed by atoms with Crippen molar-refractivity contribution in [2.75, 3.05) is 17.3 Å². The smallest absolute Gasteiger partial charge is 0.412 e. The highest BCUT2D eigenvalue weighted by molar-refractivity contribution is 7.13. The van der Waals surface area contributed by atoms with Crippen LogP contribution < -0.4 is 10.2 Å². The van der Waals surface area contributed by atoms with E-state index in [4.69, 9.17) is 4.74 Å². The van der Waals surface area contributed by atoms with Crippen LogP contribution in [0, 0.1) is 0 Å². The van der Waals surface area contributed by atoms with Gasteiger partial charge in [-0.1, -0.05) is 12.1 Å². The first-order chi connectivity index (χ1) is 11.2. The standard InChI is InChI=1S/C17H21N3O3S/c1-17(2,3)23-16(22)19-13-7-5-12(6-8-13)11-14(21)20(4)15-18-9-10-24-15/h5-10H,11H2,1-4H3,(H,19,22). The van der Waals surface area contributed by atoms with Crippen molar-refractivity contribution in [2.45, 2.75) is 32.8 Å². The Labute approximate surface area is 145 Å². The number of hydrogen-bond donors (Lipinski definition) is 1. The number of thiazole rings is 1. The number of aromatic nitrogens is 1. The number of benzene rings is 1. The normalized spacial score (nSPS) is 11.0. The van der Waals surface area contributed by atoms with Crippen LogP contribution in [0.4, 0.5) is 15.6 Å². The van der Waals surface area contributed by atoms with Crippen molar-refractivity contribution in [1.82, 2.24) is 4.98 Å². The fraction of sp³-hybridized carbons (Fsp3) is 0.353. The van der Waals surface area contributed by atoms with Gasteiger partial charge in [0.1, 0.15) is 5.60 Å². The summed E-state index contributed by atoms with van der Waals surface area (Å²) >= 11 is 1.42. The molecule has 0 radical (unpaired) electrons. The van der Waals surface area contributed by atoms with Crippen LogP contribution in [0.1, 0.15) is 26.3 Å². The highest BCUT2D eigenvalue weighted by Crippen LogP contribution is 2.18. The van der Waals surface area contributed by atoms with Gasteiger partial charge in [0, 0.05) is 24.3 Å². The van der Waals surface area contributed by atoms with Crippen LogP contribution in [-0.4, -0.2) is 29.6 Å². The van der Waals surface area contributed by atoms with Crippen LogP contribution in [-0.2, 0) is 16.0 Å². The molecule has 6 nitrogen and oxygen atoms in total. The largest absolute Gasteiger partial charge is 0.444 e. The number of ether oxygens (including phenoxy) is 1. The Kier molecular flexibility index (Phi) is 5.56. The van der Waals surface area contributed by atoms with Crippen LogP contribution in [0.2, 0.25) is 0 Å². The fourth-order valence-corrected chi connectivity index (χ4v) is 2.53. The molecule has 128 valence electrons. The molecule has 0 atom stereocenters. The summed E-state index contributed by atoms with van der Waals surface area (Å²) in [6.07, 6.45) is 1.43. The molecule has 0 aliphatic rings. The lowest BCUT2D eigenvalue weighted by molar-refractivity contribution is -0.117. The van der Waals surface area contributed by atoms with Crippen LogP contribution in [0.3, 0.4) is 0 Å². The van der Waals surface area contributed by atoms with E-state index in [1.165, 1.54) is 16.2 Å². The van der Waals surface area contributed by atoms with E-state index in [9.17, 15) is 9.59 Å². The van der Waals surface area contributed by atoms with E-state index in [2.05, 4.69) is 10.3 Å². The molecule has 7 heteroatoms. The lowest BCUT2D eigenvalue weighted by Crippen LogP contribution is -2.28. The maximum atomic E-state index is 12.2. The molecule has 0 bridgehead atoms. The van der Waals surface area contributed by atoms with E-state index in [1.54, 1.807) is 58.3 Å². The van der Waals surface area contributed by atoms with Gasteiger partial charge < -0.3 is 4.74 Å². The van der Waals surface area contributed by atoms with Crippen molar-refractivity contribution in [2.24, 2.45) is 0 Å². The minimum absolute atomic E-state index is 0.0437.